The third kappa shape index (κ3) is 12.0. The lowest BCUT2D eigenvalue weighted by molar-refractivity contribution is 0.463. The lowest BCUT2D eigenvalue weighted by atomic mass is 9.89. The van der Waals surface area contributed by atoms with Crippen molar-refractivity contribution in [2.24, 2.45) is 0 Å². The molecule has 1 N–H and O–H groups in total. The van der Waals surface area contributed by atoms with E-state index in [1.807, 2.05) is 6.07 Å². The predicted molar refractivity (Wildman–Crippen MR) is 135 cm³/mol. The fourth-order valence-corrected chi connectivity index (χ4v) is 4.64. The number of phenolic OH excluding ortho intramolecular Hbond substituents is 1. The Morgan fingerprint density at radius 1 is 0.467 bits per heavy atom. The smallest absolute Gasteiger partial charge is 0.119 e. The Labute approximate surface area is 189 Å². The third-order valence-corrected chi connectivity index (χ3v) is 6.61. The molecular formula is C29H52O. The van der Waals surface area contributed by atoms with Crippen molar-refractivity contribution in [1.29, 1.82) is 0 Å². The summed E-state index contributed by atoms with van der Waals surface area (Å²) in [6, 6.07) is 4.19. The topological polar surface area (TPSA) is 20.2 Å². The highest BCUT2D eigenvalue weighted by molar-refractivity contribution is 5.45. The van der Waals surface area contributed by atoms with E-state index in [0.29, 0.717) is 5.75 Å². The lowest BCUT2D eigenvalue weighted by Crippen LogP contribution is -2.02. The first kappa shape index (κ1) is 27.1. The van der Waals surface area contributed by atoms with Gasteiger partial charge in [-0.1, -0.05) is 117 Å². The van der Waals surface area contributed by atoms with Gasteiger partial charge >= 0.3 is 0 Å². The molecule has 0 aliphatic carbocycles. The van der Waals surface area contributed by atoms with Crippen molar-refractivity contribution >= 4 is 0 Å². The number of aromatic hydroxyl groups is 1. The molecule has 0 saturated heterocycles. The van der Waals surface area contributed by atoms with E-state index in [-0.39, 0.29) is 0 Å². The molecule has 0 heterocycles. The highest BCUT2D eigenvalue weighted by Gasteiger charge is 2.13. The molecule has 0 bridgehead atoms. The average Bonchev–Trinajstić information content (AvgIpc) is 2.75. The zero-order chi connectivity index (χ0) is 21.9. The van der Waals surface area contributed by atoms with Crippen LogP contribution in [0.2, 0.25) is 0 Å². The van der Waals surface area contributed by atoms with Crippen molar-refractivity contribution < 1.29 is 5.11 Å². The molecule has 0 fully saturated rings. The summed E-state index contributed by atoms with van der Waals surface area (Å²) in [5, 5.41) is 10.6. The number of unbranched alkanes of at least 4 members (excludes halogenated alkanes) is 14. The van der Waals surface area contributed by atoms with Crippen molar-refractivity contribution in [3.8, 4) is 5.75 Å². The first-order valence-corrected chi connectivity index (χ1v) is 13.6. The first-order valence-electron chi connectivity index (χ1n) is 13.6. The van der Waals surface area contributed by atoms with Gasteiger partial charge in [-0.05, 0) is 61.3 Å². The maximum absolute atomic E-state index is 10.6. The average molecular weight is 417 g/mol. The van der Waals surface area contributed by atoms with E-state index in [4.69, 9.17) is 0 Å². The minimum absolute atomic E-state index is 0.552. The molecule has 1 nitrogen and oxygen atoms in total. The number of aryl methyl sites for hydroxylation is 1. The molecule has 0 unspecified atom stereocenters. The van der Waals surface area contributed by atoms with E-state index in [1.165, 1.54) is 132 Å². The standard InChI is InChI=1S/C29H52O/c1-4-7-10-12-13-14-15-16-17-20-23-28-27(22-19-11-8-5-2)26(21-18-9-6-3)24-25-29(28)30/h24-25,30H,4-23H2,1-3H3. The van der Waals surface area contributed by atoms with Gasteiger partial charge in [0.05, 0.1) is 0 Å². The molecule has 1 heteroatoms. The summed E-state index contributed by atoms with van der Waals surface area (Å²) in [6.07, 6.45) is 26.2. The van der Waals surface area contributed by atoms with E-state index >= 15 is 0 Å². The summed E-state index contributed by atoms with van der Waals surface area (Å²) in [7, 11) is 0. The van der Waals surface area contributed by atoms with Gasteiger partial charge in [0.15, 0.2) is 0 Å². The Bertz CT molecular complexity index is 519. The molecule has 0 atom stereocenters. The largest absolute Gasteiger partial charge is 0.508 e. The summed E-state index contributed by atoms with van der Waals surface area (Å²) < 4.78 is 0. The number of phenols is 1. The number of benzene rings is 1. The van der Waals surface area contributed by atoms with Gasteiger partial charge in [0, 0.05) is 0 Å². The first-order chi connectivity index (χ1) is 14.7. The fraction of sp³-hybridized carbons (Fsp3) is 0.793. The molecule has 1 aromatic rings. The molecule has 0 aromatic heterocycles. The Balaban J connectivity index is 2.51. The molecule has 0 spiro atoms. The van der Waals surface area contributed by atoms with Gasteiger partial charge in [-0.3, -0.25) is 0 Å². The number of rotatable bonds is 20. The van der Waals surface area contributed by atoms with Crippen LogP contribution in [0.5, 0.6) is 5.75 Å². The number of hydrogen-bond donors (Lipinski definition) is 1. The summed E-state index contributed by atoms with van der Waals surface area (Å²) >= 11 is 0. The van der Waals surface area contributed by atoms with Crippen molar-refractivity contribution in [3.63, 3.8) is 0 Å². The summed E-state index contributed by atoms with van der Waals surface area (Å²) in [5.41, 5.74) is 4.29. The zero-order valence-corrected chi connectivity index (χ0v) is 20.7. The molecule has 0 aliphatic rings. The van der Waals surface area contributed by atoms with Crippen molar-refractivity contribution in [2.45, 2.75) is 149 Å². The monoisotopic (exact) mass is 416 g/mol. The highest BCUT2D eigenvalue weighted by atomic mass is 16.3. The van der Waals surface area contributed by atoms with Crippen LogP contribution in [0.25, 0.3) is 0 Å². The van der Waals surface area contributed by atoms with E-state index in [0.717, 1.165) is 12.8 Å². The Hall–Kier alpha value is -0.980. The number of hydrogen-bond acceptors (Lipinski definition) is 1. The fourth-order valence-electron chi connectivity index (χ4n) is 4.64. The molecule has 1 rings (SSSR count). The van der Waals surface area contributed by atoms with Crippen LogP contribution in [0.1, 0.15) is 147 Å². The second-order valence-corrected chi connectivity index (χ2v) is 9.40. The summed E-state index contributed by atoms with van der Waals surface area (Å²) in [5.74, 6) is 0.552. The van der Waals surface area contributed by atoms with Crippen molar-refractivity contribution in [2.75, 3.05) is 0 Å². The maximum Gasteiger partial charge on any atom is 0.119 e. The van der Waals surface area contributed by atoms with E-state index in [1.54, 1.807) is 0 Å². The molecule has 30 heavy (non-hydrogen) atoms. The Morgan fingerprint density at radius 2 is 0.867 bits per heavy atom. The molecule has 174 valence electrons. The van der Waals surface area contributed by atoms with Gasteiger partial charge in [0.25, 0.3) is 0 Å². The highest BCUT2D eigenvalue weighted by Crippen LogP contribution is 2.29. The molecule has 0 radical (unpaired) electrons. The van der Waals surface area contributed by atoms with Crippen molar-refractivity contribution in [3.05, 3.63) is 28.8 Å². The van der Waals surface area contributed by atoms with Gasteiger partial charge in [0.1, 0.15) is 5.75 Å². The molecule has 0 amide bonds. The summed E-state index contributed by atoms with van der Waals surface area (Å²) in [6.45, 7) is 6.84. The van der Waals surface area contributed by atoms with Crippen LogP contribution in [0.3, 0.4) is 0 Å². The molecule has 0 saturated carbocycles. The van der Waals surface area contributed by atoms with E-state index in [2.05, 4.69) is 26.8 Å². The van der Waals surface area contributed by atoms with E-state index in [9.17, 15) is 5.11 Å². The van der Waals surface area contributed by atoms with Gasteiger partial charge in [-0.2, -0.15) is 0 Å². The van der Waals surface area contributed by atoms with Gasteiger partial charge < -0.3 is 5.11 Å². The van der Waals surface area contributed by atoms with Crippen molar-refractivity contribution in [1.82, 2.24) is 0 Å². The Morgan fingerprint density at radius 3 is 1.43 bits per heavy atom. The molecular weight excluding hydrogens is 364 g/mol. The van der Waals surface area contributed by atoms with Crippen LogP contribution >= 0.6 is 0 Å². The minimum Gasteiger partial charge on any atom is -0.508 e. The predicted octanol–water partition coefficient (Wildman–Crippen LogP) is 9.71. The van der Waals surface area contributed by atoms with Crippen LogP contribution in [-0.2, 0) is 19.3 Å². The van der Waals surface area contributed by atoms with Crippen LogP contribution in [0.15, 0.2) is 12.1 Å². The Kier molecular flexibility index (Phi) is 16.9. The van der Waals surface area contributed by atoms with Gasteiger partial charge in [-0.15, -0.1) is 0 Å². The quantitative estimate of drug-likeness (QED) is 0.210. The maximum atomic E-state index is 10.6. The normalized spacial score (nSPS) is 11.3. The minimum atomic E-state index is 0.552. The van der Waals surface area contributed by atoms with Crippen LogP contribution in [0, 0.1) is 0 Å². The van der Waals surface area contributed by atoms with Crippen LogP contribution in [-0.4, -0.2) is 5.11 Å². The molecule has 1 aromatic carbocycles. The zero-order valence-electron chi connectivity index (χ0n) is 20.7. The summed E-state index contributed by atoms with van der Waals surface area (Å²) in [4.78, 5) is 0. The second kappa shape index (κ2) is 18.8. The van der Waals surface area contributed by atoms with E-state index < -0.39 is 0 Å². The van der Waals surface area contributed by atoms with Crippen LogP contribution < -0.4 is 0 Å². The van der Waals surface area contributed by atoms with Crippen LogP contribution in [0.4, 0.5) is 0 Å². The molecule has 0 aliphatic heterocycles. The third-order valence-electron chi connectivity index (χ3n) is 6.61. The van der Waals surface area contributed by atoms with Gasteiger partial charge in [0.2, 0.25) is 0 Å². The second-order valence-electron chi connectivity index (χ2n) is 9.40. The SMILES string of the molecule is CCCCCCCCCCCCc1c(O)ccc(CCCCC)c1CCCCCC. The van der Waals surface area contributed by atoms with Gasteiger partial charge in [-0.25, -0.2) is 0 Å². The lowest BCUT2D eigenvalue weighted by Gasteiger charge is -2.17.